The van der Waals surface area contributed by atoms with Gasteiger partial charge < -0.3 is 25.2 Å². The van der Waals surface area contributed by atoms with Crippen LogP contribution in [0.3, 0.4) is 0 Å². The van der Waals surface area contributed by atoms with E-state index in [1.54, 1.807) is 0 Å². The smallest absolute Gasteiger partial charge is 0.224 e. The summed E-state index contributed by atoms with van der Waals surface area (Å²) in [6, 6.07) is 14.0. The molecule has 2 amide bonds. The molecule has 0 unspecified atom stereocenters. The standard InChI is InChI=1S/C25H32N4O3/c1-28-12-14-29(15-13-28)23-6-3-2-5-20(23)18-26-24(30)7-4-16-32-21-9-10-22-19(17-21)8-11-25(31)27-22/h2-3,5-6,9-10,17H,4,7-8,11-16,18H2,1H3,(H,26,30)(H,27,31). The third kappa shape index (κ3) is 5.79. The molecular weight excluding hydrogens is 404 g/mol. The molecule has 1 saturated heterocycles. The van der Waals surface area contributed by atoms with E-state index in [2.05, 4.69) is 45.7 Å². The first-order chi connectivity index (χ1) is 15.6. The number of hydrogen-bond donors (Lipinski definition) is 2. The number of rotatable bonds is 8. The Morgan fingerprint density at radius 2 is 1.91 bits per heavy atom. The number of amides is 2. The molecule has 32 heavy (non-hydrogen) atoms. The minimum Gasteiger partial charge on any atom is -0.494 e. The Morgan fingerprint density at radius 3 is 2.75 bits per heavy atom. The highest BCUT2D eigenvalue weighted by atomic mass is 16.5. The molecule has 0 aliphatic carbocycles. The van der Waals surface area contributed by atoms with Crippen molar-refractivity contribution in [2.24, 2.45) is 0 Å². The van der Waals surface area contributed by atoms with Gasteiger partial charge in [0.15, 0.2) is 0 Å². The minimum absolute atomic E-state index is 0.0370. The van der Waals surface area contributed by atoms with Crippen molar-refractivity contribution in [2.45, 2.75) is 32.2 Å². The van der Waals surface area contributed by atoms with Crippen molar-refractivity contribution >= 4 is 23.2 Å². The quantitative estimate of drug-likeness (QED) is 0.623. The van der Waals surface area contributed by atoms with Gasteiger partial charge in [0, 0.05) is 56.9 Å². The lowest BCUT2D eigenvalue weighted by Gasteiger charge is -2.35. The van der Waals surface area contributed by atoms with Crippen molar-refractivity contribution in [2.75, 3.05) is 50.1 Å². The number of likely N-dealkylation sites (N-methyl/N-ethyl adjacent to an activating group) is 1. The van der Waals surface area contributed by atoms with E-state index < -0.39 is 0 Å². The molecule has 2 heterocycles. The zero-order chi connectivity index (χ0) is 22.3. The normalized spacial score (nSPS) is 16.3. The monoisotopic (exact) mass is 436 g/mol. The van der Waals surface area contributed by atoms with Crippen LogP contribution in [0, 0.1) is 0 Å². The maximum Gasteiger partial charge on any atom is 0.224 e. The summed E-state index contributed by atoms with van der Waals surface area (Å²) in [6.07, 6.45) is 2.32. The van der Waals surface area contributed by atoms with Crippen molar-refractivity contribution in [3.63, 3.8) is 0 Å². The first kappa shape index (κ1) is 22.1. The predicted octanol–water partition coefficient (Wildman–Crippen LogP) is 2.80. The Kier molecular flexibility index (Phi) is 7.27. The van der Waals surface area contributed by atoms with Crippen LogP contribution in [0.5, 0.6) is 5.75 Å². The molecule has 7 nitrogen and oxygen atoms in total. The number of fused-ring (bicyclic) bond motifs is 1. The largest absolute Gasteiger partial charge is 0.494 e. The molecule has 1 fully saturated rings. The van der Waals surface area contributed by atoms with Crippen LogP contribution in [-0.4, -0.2) is 56.5 Å². The van der Waals surface area contributed by atoms with E-state index in [4.69, 9.17) is 4.74 Å². The van der Waals surface area contributed by atoms with Gasteiger partial charge in [-0.25, -0.2) is 0 Å². The maximum atomic E-state index is 12.4. The lowest BCUT2D eigenvalue weighted by atomic mass is 10.0. The number of aryl methyl sites for hydroxylation is 1. The van der Waals surface area contributed by atoms with E-state index in [0.717, 1.165) is 55.2 Å². The fourth-order valence-corrected chi connectivity index (χ4v) is 4.17. The van der Waals surface area contributed by atoms with Crippen LogP contribution in [0.1, 0.15) is 30.4 Å². The highest BCUT2D eigenvalue weighted by Crippen LogP contribution is 2.27. The molecule has 0 spiro atoms. The second kappa shape index (κ2) is 10.5. The number of hydrogen-bond acceptors (Lipinski definition) is 5. The molecule has 2 aromatic carbocycles. The summed E-state index contributed by atoms with van der Waals surface area (Å²) < 4.78 is 5.82. The lowest BCUT2D eigenvalue weighted by Crippen LogP contribution is -2.45. The van der Waals surface area contributed by atoms with Gasteiger partial charge in [-0.1, -0.05) is 18.2 Å². The number of carbonyl (C=O) groups excluding carboxylic acids is 2. The van der Waals surface area contributed by atoms with Gasteiger partial charge in [0.1, 0.15) is 5.75 Å². The Hall–Kier alpha value is -3.06. The van der Waals surface area contributed by atoms with Gasteiger partial charge in [-0.05, 0) is 55.3 Å². The minimum atomic E-state index is 0.0370. The number of nitrogens with zero attached hydrogens (tertiary/aromatic N) is 2. The van der Waals surface area contributed by atoms with Crippen LogP contribution < -0.4 is 20.3 Å². The molecule has 2 aliphatic rings. The number of benzene rings is 2. The van der Waals surface area contributed by atoms with E-state index in [9.17, 15) is 9.59 Å². The zero-order valence-corrected chi connectivity index (χ0v) is 18.7. The van der Waals surface area contributed by atoms with Crippen LogP contribution in [0.15, 0.2) is 42.5 Å². The number of ether oxygens (including phenoxy) is 1. The fourth-order valence-electron chi connectivity index (χ4n) is 4.17. The molecule has 2 aliphatic heterocycles. The van der Waals surface area contributed by atoms with Crippen LogP contribution in [0.25, 0.3) is 0 Å². The third-order valence-corrected chi connectivity index (χ3v) is 6.10. The van der Waals surface area contributed by atoms with Crippen molar-refractivity contribution in [3.05, 3.63) is 53.6 Å². The van der Waals surface area contributed by atoms with Crippen LogP contribution in [-0.2, 0) is 22.6 Å². The molecule has 2 aromatic rings. The van der Waals surface area contributed by atoms with Gasteiger partial charge >= 0.3 is 0 Å². The van der Waals surface area contributed by atoms with E-state index >= 15 is 0 Å². The summed E-state index contributed by atoms with van der Waals surface area (Å²) in [5.41, 5.74) is 4.33. The summed E-state index contributed by atoms with van der Waals surface area (Å²) in [6.45, 7) is 5.15. The van der Waals surface area contributed by atoms with Crippen molar-refractivity contribution in [1.29, 1.82) is 0 Å². The van der Waals surface area contributed by atoms with Crippen molar-refractivity contribution in [3.8, 4) is 5.75 Å². The number of nitrogens with one attached hydrogen (secondary N) is 2. The Labute approximate surface area is 189 Å². The van der Waals surface area contributed by atoms with E-state index in [1.807, 2.05) is 24.3 Å². The molecular formula is C25H32N4O3. The molecule has 7 heteroatoms. The van der Waals surface area contributed by atoms with Crippen molar-refractivity contribution in [1.82, 2.24) is 10.2 Å². The maximum absolute atomic E-state index is 12.4. The van der Waals surface area contributed by atoms with Gasteiger partial charge in [-0.15, -0.1) is 0 Å². The number of carbonyl (C=O) groups is 2. The molecule has 170 valence electrons. The second-order valence-electron chi connectivity index (χ2n) is 8.51. The van der Waals surface area contributed by atoms with E-state index in [-0.39, 0.29) is 11.8 Å². The zero-order valence-electron chi connectivity index (χ0n) is 18.7. The van der Waals surface area contributed by atoms with Gasteiger partial charge in [0.2, 0.25) is 11.8 Å². The second-order valence-corrected chi connectivity index (χ2v) is 8.51. The third-order valence-electron chi connectivity index (χ3n) is 6.10. The summed E-state index contributed by atoms with van der Waals surface area (Å²) in [5, 5.41) is 5.93. The van der Waals surface area contributed by atoms with Crippen LogP contribution in [0.4, 0.5) is 11.4 Å². The molecule has 0 radical (unpaired) electrons. The molecule has 0 saturated carbocycles. The van der Waals surface area contributed by atoms with Crippen LogP contribution >= 0.6 is 0 Å². The summed E-state index contributed by atoms with van der Waals surface area (Å²) in [4.78, 5) is 28.5. The van der Waals surface area contributed by atoms with Gasteiger partial charge in [-0.2, -0.15) is 0 Å². The lowest BCUT2D eigenvalue weighted by molar-refractivity contribution is -0.121. The first-order valence-corrected chi connectivity index (χ1v) is 11.4. The summed E-state index contributed by atoms with van der Waals surface area (Å²) in [7, 11) is 2.15. The predicted molar refractivity (Wildman–Crippen MR) is 126 cm³/mol. The van der Waals surface area contributed by atoms with Crippen LogP contribution in [0.2, 0.25) is 0 Å². The number of para-hydroxylation sites is 1. The highest BCUT2D eigenvalue weighted by Gasteiger charge is 2.17. The number of anilines is 2. The van der Waals surface area contributed by atoms with E-state index in [0.29, 0.717) is 32.4 Å². The Balaban J connectivity index is 1.20. The molecule has 0 bridgehead atoms. The summed E-state index contributed by atoms with van der Waals surface area (Å²) in [5.74, 6) is 0.875. The van der Waals surface area contributed by atoms with Gasteiger partial charge in [-0.3, -0.25) is 9.59 Å². The molecule has 0 aromatic heterocycles. The molecule has 4 rings (SSSR count). The molecule has 0 atom stereocenters. The average molecular weight is 437 g/mol. The van der Waals surface area contributed by atoms with Gasteiger partial charge in [0.25, 0.3) is 0 Å². The SMILES string of the molecule is CN1CCN(c2ccccc2CNC(=O)CCCOc2ccc3c(c2)CCC(=O)N3)CC1. The fraction of sp³-hybridized carbons (Fsp3) is 0.440. The molecule has 2 N–H and O–H groups in total. The highest BCUT2D eigenvalue weighted by molar-refractivity contribution is 5.94. The summed E-state index contributed by atoms with van der Waals surface area (Å²) >= 11 is 0. The number of piperazine rings is 1. The van der Waals surface area contributed by atoms with Gasteiger partial charge in [0.05, 0.1) is 6.61 Å². The van der Waals surface area contributed by atoms with E-state index in [1.165, 1.54) is 5.69 Å². The Bertz CT molecular complexity index is 954. The first-order valence-electron chi connectivity index (χ1n) is 11.4. The Morgan fingerprint density at radius 1 is 1.09 bits per heavy atom. The average Bonchev–Trinajstić information content (AvgIpc) is 2.81. The van der Waals surface area contributed by atoms with Crippen molar-refractivity contribution < 1.29 is 14.3 Å². The topological polar surface area (TPSA) is 73.9 Å².